The lowest BCUT2D eigenvalue weighted by atomic mass is 10.2. The molecule has 1 N–H and O–H groups in total. The molecule has 1 aliphatic heterocycles. The Morgan fingerprint density at radius 2 is 2.00 bits per heavy atom. The second-order valence-corrected chi connectivity index (χ2v) is 6.97. The molecular weight excluding hydrogens is 272 g/mol. The molecule has 0 spiro atoms. The molecule has 1 saturated carbocycles. The summed E-state index contributed by atoms with van der Waals surface area (Å²) in [6.07, 6.45) is 2.11. The summed E-state index contributed by atoms with van der Waals surface area (Å²) < 4.78 is 0. The zero-order valence-electron chi connectivity index (χ0n) is 11.4. The number of hydrogen-bond donors (Lipinski definition) is 1. The number of benzene rings is 1. The fraction of sp³-hybridized carbons (Fsp3) is 0.467. The van der Waals surface area contributed by atoms with E-state index in [0.29, 0.717) is 12.5 Å². The molecule has 3 rings (SSSR count). The maximum absolute atomic E-state index is 12.2. The maximum Gasteiger partial charge on any atom is 0.324 e. The minimum absolute atomic E-state index is 0.0435. The monoisotopic (exact) mass is 290 g/mol. The topological polar surface area (TPSA) is 49.4 Å². The number of rotatable bonds is 5. The summed E-state index contributed by atoms with van der Waals surface area (Å²) in [5, 5.41) is 3.00. The van der Waals surface area contributed by atoms with Crippen molar-refractivity contribution in [1.82, 2.24) is 10.2 Å². The first-order chi connectivity index (χ1) is 9.65. The van der Waals surface area contributed by atoms with Crippen LogP contribution in [0.25, 0.3) is 0 Å². The Balaban J connectivity index is 1.59. The fourth-order valence-corrected chi connectivity index (χ4v) is 3.49. The van der Waals surface area contributed by atoms with Gasteiger partial charge >= 0.3 is 6.03 Å². The van der Waals surface area contributed by atoms with Crippen LogP contribution in [-0.4, -0.2) is 34.7 Å². The minimum atomic E-state index is -0.267. The van der Waals surface area contributed by atoms with E-state index in [1.54, 1.807) is 11.8 Å². The predicted molar refractivity (Wildman–Crippen MR) is 78.5 cm³/mol. The lowest BCUT2D eigenvalue weighted by Crippen LogP contribution is -2.36. The third-order valence-corrected chi connectivity index (χ3v) is 4.77. The van der Waals surface area contributed by atoms with Crippen molar-refractivity contribution >= 4 is 23.7 Å². The molecule has 1 aromatic rings. The van der Waals surface area contributed by atoms with Crippen LogP contribution in [0.3, 0.4) is 0 Å². The standard InChI is InChI=1S/C15H18N2O2S/c1-10(20-12-5-3-2-4-6-12)9-17-14(18)13(11-7-8-11)16-15(17)19/h2-6,10-11,13H,7-9H2,1H3,(H,16,19)/t10-,13-/m0/s1. The molecule has 2 fully saturated rings. The molecule has 1 aliphatic carbocycles. The average molecular weight is 290 g/mol. The first-order valence-electron chi connectivity index (χ1n) is 6.98. The highest BCUT2D eigenvalue weighted by molar-refractivity contribution is 8.00. The number of nitrogens with one attached hydrogen (secondary N) is 1. The van der Waals surface area contributed by atoms with Gasteiger partial charge in [-0.05, 0) is 30.9 Å². The van der Waals surface area contributed by atoms with Gasteiger partial charge in [0.15, 0.2) is 0 Å². The summed E-state index contributed by atoms with van der Waals surface area (Å²) in [6, 6.07) is 9.55. The van der Waals surface area contributed by atoms with Gasteiger partial charge in [-0.2, -0.15) is 0 Å². The molecule has 0 unspecified atom stereocenters. The number of nitrogens with zero attached hydrogens (tertiary/aromatic N) is 1. The van der Waals surface area contributed by atoms with Gasteiger partial charge in [0.1, 0.15) is 6.04 Å². The van der Waals surface area contributed by atoms with Crippen LogP contribution < -0.4 is 5.32 Å². The van der Waals surface area contributed by atoms with Crippen molar-refractivity contribution in [3.63, 3.8) is 0 Å². The molecule has 1 saturated heterocycles. The number of amides is 3. The molecule has 106 valence electrons. The summed E-state index contributed by atoms with van der Waals surface area (Å²) in [4.78, 5) is 26.7. The second kappa shape index (κ2) is 5.48. The van der Waals surface area contributed by atoms with Gasteiger partial charge < -0.3 is 5.32 Å². The summed E-state index contributed by atoms with van der Waals surface area (Å²) in [6.45, 7) is 2.51. The maximum atomic E-state index is 12.2. The van der Waals surface area contributed by atoms with E-state index in [2.05, 4.69) is 5.32 Å². The fourth-order valence-electron chi connectivity index (χ4n) is 2.49. The Morgan fingerprint density at radius 1 is 1.30 bits per heavy atom. The van der Waals surface area contributed by atoms with Crippen LogP contribution in [0.2, 0.25) is 0 Å². The summed E-state index contributed by atoms with van der Waals surface area (Å²) >= 11 is 1.69. The van der Waals surface area contributed by atoms with Crippen LogP contribution in [0.5, 0.6) is 0 Å². The highest BCUT2D eigenvalue weighted by Crippen LogP contribution is 2.35. The summed E-state index contributed by atoms with van der Waals surface area (Å²) in [5.41, 5.74) is 0. The van der Waals surface area contributed by atoms with Crippen molar-refractivity contribution in [2.45, 2.75) is 36.0 Å². The molecule has 1 aromatic carbocycles. The Hall–Kier alpha value is -1.49. The van der Waals surface area contributed by atoms with Crippen LogP contribution >= 0.6 is 11.8 Å². The number of carbonyl (C=O) groups is 2. The van der Waals surface area contributed by atoms with Crippen LogP contribution in [0, 0.1) is 5.92 Å². The third kappa shape index (κ3) is 2.82. The van der Waals surface area contributed by atoms with E-state index in [1.807, 2.05) is 37.3 Å². The van der Waals surface area contributed by atoms with E-state index >= 15 is 0 Å². The van der Waals surface area contributed by atoms with Gasteiger partial charge in [-0.1, -0.05) is 25.1 Å². The third-order valence-electron chi connectivity index (χ3n) is 3.67. The Bertz CT molecular complexity index is 516. The van der Waals surface area contributed by atoms with Crippen molar-refractivity contribution in [2.75, 3.05) is 6.54 Å². The van der Waals surface area contributed by atoms with E-state index in [1.165, 1.54) is 4.90 Å². The summed E-state index contributed by atoms with van der Waals surface area (Å²) in [7, 11) is 0. The van der Waals surface area contributed by atoms with Crippen molar-refractivity contribution < 1.29 is 9.59 Å². The van der Waals surface area contributed by atoms with Gasteiger partial charge in [0.25, 0.3) is 5.91 Å². The quantitative estimate of drug-likeness (QED) is 0.669. The van der Waals surface area contributed by atoms with Crippen LogP contribution in [0.15, 0.2) is 35.2 Å². The Labute approximate surface area is 122 Å². The van der Waals surface area contributed by atoms with Gasteiger partial charge in [0.05, 0.1) is 0 Å². The number of imide groups is 1. The minimum Gasteiger partial charge on any atom is -0.326 e. The van der Waals surface area contributed by atoms with E-state index in [4.69, 9.17) is 0 Å². The van der Waals surface area contributed by atoms with Crippen molar-refractivity contribution in [1.29, 1.82) is 0 Å². The van der Waals surface area contributed by atoms with Crippen LogP contribution in [0.1, 0.15) is 19.8 Å². The number of hydrogen-bond acceptors (Lipinski definition) is 3. The van der Waals surface area contributed by atoms with E-state index < -0.39 is 0 Å². The lowest BCUT2D eigenvalue weighted by Gasteiger charge is -2.18. The molecule has 20 heavy (non-hydrogen) atoms. The molecule has 0 bridgehead atoms. The Morgan fingerprint density at radius 3 is 2.65 bits per heavy atom. The molecular formula is C15H18N2O2S. The van der Waals surface area contributed by atoms with Gasteiger partial charge in [-0.25, -0.2) is 4.79 Å². The molecule has 5 heteroatoms. The van der Waals surface area contributed by atoms with Crippen molar-refractivity contribution in [3.8, 4) is 0 Å². The lowest BCUT2D eigenvalue weighted by molar-refractivity contribution is -0.127. The average Bonchev–Trinajstić information content (AvgIpc) is 3.23. The highest BCUT2D eigenvalue weighted by Gasteiger charge is 2.46. The van der Waals surface area contributed by atoms with Gasteiger partial charge in [0.2, 0.25) is 0 Å². The first-order valence-corrected chi connectivity index (χ1v) is 7.86. The number of urea groups is 1. The number of carbonyl (C=O) groups excluding carboxylic acids is 2. The molecule has 4 nitrogen and oxygen atoms in total. The van der Waals surface area contributed by atoms with Crippen molar-refractivity contribution in [3.05, 3.63) is 30.3 Å². The second-order valence-electron chi connectivity index (χ2n) is 5.45. The smallest absolute Gasteiger partial charge is 0.324 e. The SMILES string of the molecule is C[C@@H](CN1C(=O)N[C@@H](C2CC2)C1=O)Sc1ccccc1. The van der Waals surface area contributed by atoms with E-state index in [-0.39, 0.29) is 23.2 Å². The predicted octanol–water partition coefficient (Wildman–Crippen LogP) is 2.50. The molecule has 2 aliphatic rings. The Kier molecular flexibility index (Phi) is 3.70. The zero-order chi connectivity index (χ0) is 14.1. The van der Waals surface area contributed by atoms with Gasteiger partial charge in [-0.15, -0.1) is 11.8 Å². The first kappa shape index (κ1) is 13.5. The molecule has 3 amide bonds. The number of thioether (sulfide) groups is 1. The molecule has 1 heterocycles. The summed E-state index contributed by atoms with van der Waals surface area (Å²) in [5.74, 6) is 0.326. The molecule has 2 atom stereocenters. The zero-order valence-corrected chi connectivity index (χ0v) is 12.2. The van der Waals surface area contributed by atoms with Crippen LogP contribution in [0.4, 0.5) is 4.79 Å². The van der Waals surface area contributed by atoms with Crippen molar-refractivity contribution in [2.24, 2.45) is 5.92 Å². The molecule has 0 aromatic heterocycles. The van der Waals surface area contributed by atoms with Crippen LogP contribution in [-0.2, 0) is 4.79 Å². The largest absolute Gasteiger partial charge is 0.326 e. The van der Waals surface area contributed by atoms with E-state index in [9.17, 15) is 9.59 Å². The van der Waals surface area contributed by atoms with E-state index in [0.717, 1.165) is 17.7 Å². The normalized spacial score (nSPS) is 23.9. The van der Waals surface area contributed by atoms with Gasteiger partial charge in [0, 0.05) is 16.7 Å². The highest BCUT2D eigenvalue weighted by atomic mass is 32.2. The van der Waals surface area contributed by atoms with Gasteiger partial charge in [-0.3, -0.25) is 9.69 Å². The molecule has 0 radical (unpaired) electrons.